The smallest absolute Gasteiger partial charge is 0.265 e. The number of piperazine rings is 1. The summed E-state index contributed by atoms with van der Waals surface area (Å²) in [6.07, 6.45) is 0. The Balaban J connectivity index is 2.06. The predicted molar refractivity (Wildman–Crippen MR) is 118 cm³/mol. The Bertz CT molecular complexity index is 1040. The average molecular weight is 453 g/mol. The predicted octanol–water partition coefficient (Wildman–Crippen LogP) is 2.26. The summed E-state index contributed by atoms with van der Waals surface area (Å²) in [6.45, 7) is 3.01. The van der Waals surface area contributed by atoms with Gasteiger partial charge in [0.25, 0.3) is 15.9 Å². The number of methoxy groups -OCH3 is 1. The number of halogens is 1. The molecule has 1 fully saturated rings. The Morgan fingerprint density at radius 3 is 2.50 bits per heavy atom. The van der Waals surface area contributed by atoms with Crippen LogP contribution in [-0.4, -0.2) is 66.6 Å². The maximum absolute atomic E-state index is 13.2. The van der Waals surface area contributed by atoms with Crippen molar-refractivity contribution in [1.29, 1.82) is 0 Å². The van der Waals surface area contributed by atoms with Gasteiger partial charge in [-0.05, 0) is 36.4 Å². The van der Waals surface area contributed by atoms with Gasteiger partial charge in [0.15, 0.2) is 0 Å². The van der Waals surface area contributed by atoms with Crippen molar-refractivity contribution in [2.24, 2.45) is 0 Å². The number of sulfonamides is 1. The molecule has 1 saturated heterocycles. The van der Waals surface area contributed by atoms with Gasteiger partial charge in [0, 0.05) is 50.9 Å². The number of benzene rings is 2. The minimum Gasteiger partial charge on any atom is -0.495 e. The molecule has 0 atom stereocenters. The lowest BCUT2D eigenvalue weighted by molar-refractivity contribution is 0.0827. The molecular weight excluding hydrogens is 428 g/mol. The minimum atomic E-state index is -4.03. The van der Waals surface area contributed by atoms with Gasteiger partial charge in [-0.2, -0.15) is 0 Å². The van der Waals surface area contributed by atoms with Gasteiger partial charge in [0.05, 0.1) is 18.5 Å². The van der Waals surface area contributed by atoms with Gasteiger partial charge < -0.3 is 19.9 Å². The van der Waals surface area contributed by atoms with Gasteiger partial charge in [0.1, 0.15) is 10.6 Å². The quantitative estimate of drug-likeness (QED) is 0.698. The number of rotatable bonds is 6. The summed E-state index contributed by atoms with van der Waals surface area (Å²) in [5.74, 6) is -0.0428. The first kappa shape index (κ1) is 22.2. The zero-order valence-corrected chi connectivity index (χ0v) is 18.7. The summed E-state index contributed by atoms with van der Waals surface area (Å²) in [7, 11) is 0.657. The Kier molecular flexibility index (Phi) is 6.74. The van der Waals surface area contributed by atoms with E-state index in [0.717, 1.165) is 26.2 Å². The molecule has 162 valence electrons. The monoisotopic (exact) mass is 452 g/mol. The summed E-state index contributed by atoms with van der Waals surface area (Å²) < 4.78 is 34.3. The second-order valence-electron chi connectivity index (χ2n) is 7.07. The molecule has 0 bridgehead atoms. The number of amides is 1. The van der Waals surface area contributed by atoms with E-state index in [9.17, 15) is 13.2 Å². The minimum absolute atomic E-state index is 0.0758. The Morgan fingerprint density at radius 2 is 1.87 bits per heavy atom. The highest BCUT2D eigenvalue weighted by Crippen LogP contribution is 2.33. The first-order valence-corrected chi connectivity index (χ1v) is 11.3. The van der Waals surface area contributed by atoms with Crippen LogP contribution in [0.4, 0.5) is 11.4 Å². The number of ether oxygens (including phenoxy) is 1. The molecule has 2 aromatic rings. The molecule has 3 rings (SSSR count). The number of anilines is 2. The van der Waals surface area contributed by atoms with Crippen LogP contribution in [0, 0.1) is 0 Å². The number of hydrogen-bond donors (Lipinski definition) is 2. The van der Waals surface area contributed by atoms with Crippen LogP contribution >= 0.6 is 11.6 Å². The highest BCUT2D eigenvalue weighted by atomic mass is 35.5. The summed E-state index contributed by atoms with van der Waals surface area (Å²) >= 11 is 6.02. The third kappa shape index (κ3) is 4.80. The van der Waals surface area contributed by atoms with Crippen molar-refractivity contribution in [1.82, 2.24) is 10.2 Å². The van der Waals surface area contributed by atoms with E-state index in [1.807, 2.05) is 0 Å². The first-order chi connectivity index (χ1) is 14.2. The molecule has 2 N–H and O–H groups in total. The van der Waals surface area contributed by atoms with E-state index in [1.54, 1.807) is 38.4 Å². The highest BCUT2D eigenvalue weighted by Gasteiger charge is 2.24. The fourth-order valence-electron chi connectivity index (χ4n) is 3.25. The van der Waals surface area contributed by atoms with Crippen LogP contribution in [0.2, 0.25) is 5.02 Å². The molecule has 0 radical (unpaired) electrons. The van der Waals surface area contributed by atoms with Gasteiger partial charge in [-0.3, -0.25) is 9.52 Å². The lowest BCUT2D eigenvalue weighted by Crippen LogP contribution is -2.43. The number of carbonyl (C=O) groups excluding carboxylic acids is 1. The SMILES string of the molecule is COc1ccc(Cl)cc1S(=O)(=O)Nc1cc(C(=O)N(C)C)ccc1N1CCNCC1. The van der Waals surface area contributed by atoms with Crippen molar-refractivity contribution >= 4 is 38.9 Å². The number of hydrogen-bond acceptors (Lipinski definition) is 6. The zero-order chi connectivity index (χ0) is 21.9. The molecule has 1 aliphatic rings. The van der Waals surface area contributed by atoms with E-state index in [4.69, 9.17) is 16.3 Å². The van der Waals surface area contributed by atoms with E-state index in [-0.39, 0.29) is 21.6 Å². The molecule has 1 heterocycles. The van der Waals surface area contributed by atoms with Crippen molar-refractivity contribution < 1.29 is 17.9 Å². The van der Waals surface area contributed by atoms with Crippen LogP contribution < -0.4 is 19.7 Å². The van der Waals surface area contributed by atoms with Gasteiger partial charge in [-0.1, -0.05) is 11.6 Å². The van der Waals surface area contributed by atoms with E-state index in [1.165, 1.54) is 24.1 Å². The van der Waals surface area contributed by atoms with Crippen LogP contribution in [-0.2, 0) is 10.0 Å². The van der Waals surface area contributed by atoms with Crippen LogP contribution in [0.25, 0.3) is 0 Å². The lowest BCUT2D eigenvalue weighted by Gasteiger charge is -2.31. The van der Waals surface area contributed by atoms with Crippen molar-refractivity contribution in [3.05, 3.63) is 47.0 Å². The summed E-state index contributed by atoms with van der Waals surface area (Å²) in [5.41, 5.74) is 1.41. The second-order valence-corrected chi connectivity index (χ2v) is 9.16. The van der Waals surface area contributed by atoms with Crippen molar-refractivity contribution in [3.8, 4) is 5.75 Å². The van der Waals surface area contributed by atoms with Crippen LogP contribution in [0.5, 0.6) is 5.75 Å². The summed E-state index contributed by atoms with van der Waals surface area (Å²) in [5, 5.41) is 3.54. The van der Waals surface area contributed by atoms with Gasteiger partial charge in [0.2, 0.25) is 0 Å². The maximum Gasteiger partial charge on any atom is 0.265 e. The lowest BCUT2D eigenvalue weighted by atomic mass is 10.1. The van der Waals surface area contributed by atoms with Crippen molar-refractivity contribution in [2.45, 2.75) is 4.90 Å². The zero-order valence-electron chi connectivity index (χ0n) is 17.1. The Hall–Kier alpha value is -2.49. The number of nitrogens with zero attached hydrogens (tertiary/aromatic N) is 2. The highest BCUT2D eigenvalue weighted by molar-refractivity contribution is 7.92. The van der Waals surface area contributed by atoms with E-state index >= 15 is 0 Å². The standard InChI is InChI=1S/C20H25ClN4O4S/c1-24(2)20(26)14-4-6-17(25-10-8-22-9-11-25)16(12-14)23-30(27,28)19-13-15(21)5-7-18(19)29-3/h4-7,12-13,22-23H,8-11H2,1-3H3. The third-order valence-corrected chi connectivity index (χ3v) is 6.39. The molecule has 2 aromatic carbocycles. The largest absolute Gasteiger partial charge is 0.495 e. The molecule has 1 amide bonds. The average Bonchev–Trinajstić information content (AvgIpc) is 2.73. The maximum atomic E-state index is 13.2. The molecular formula is C20H25ClN4O4S. The number of carbonyl (C=O) groups is 1. The van der Waals surface area contributed by atoms with Crippen LogP contribution in [0.1, 0.15) is 10.4 Å². The molecule has 8 nitrogen and oxygen atoms in total. The third-order valence-electron chi connectivity index (χ3n) is 4.77. The van der Waals surface area contributed by atoms with E-state index < -0.39 is 10.0 Å². The van der Waals surface area contributed by atoms with Crippen LogP contribution in [0.3, 0.4) is 0 Å². The van der Waals surface area contributed by atoms with Crippen LogP contribution in [0.15, 0.2) is 41.3 Å². The van der Waals surface area contributed by atoms with Crippen molar-refractivity contribution in [3.63, 3.8) is 0 Å². The summed E-state index contributed by atoms with van der Waals surface area (Å²) in [6, 6.07) is 9.44. The van der Waals surface area contributed by atoms with Gasteiger partial charge in [-0.15, -0.1) is 0 Å². The normalized spacial score (nSPS) is 14.3. The molecule has 0 unspecified atom stereocenters. The molecule has 1 aliphatic heterocycles. The summed E-state index contributed by atoms with van der Waals surface area (Å²) in [4.78, 5) is 15.9. The Morgan fingerprint density at radius 1 is 1.17 bits per heavy atom. The van der Waals surface area contributed by atoms with Gasteiger partial charge >= 0.3 is 0 Å². The first-order valence-electron chi connectivity index (χ1n) is 9.40. The van der Waals surface area contributed by atoms with Crippen molar-refractivity contribution in [2.75, 3.05) is 57.0 Å². The molecule has 0 aromatic heterocycles. The molecule has 0 saturated carbocycles. The van der Waals surface area contributed by atoms with Gasteiger partial charge in [-0.25, -0.2) is 8.42 Å². The fraction of sp³-hybridized carbons (Fsp3) is 0.350. The van der Waals surface area contributed by atoms with E-state index in [0.29, 0.717) is 16.9 Å². The fourth-order valence-corrected chi connectivity index (χ4v) is 4.75. The number of nitrogens with one attached hydrogen (secondary N) is 2. The second kappa shape index (κ2) is 9.11. The molecule has 30 heavy (non-hydrogen) atoms. The topological polar surface area (TPSA) is 91.0 Å². The molecule has 0 aliphatic carbocycles. The molecule has 10 heteroatoms. The van der Waals surface area contributed by atoms with E-state index in [2.05, 4.69) is 14.9 Å². The molecule has 0 spiro atoms. The Labute approximate surface area is 181 Å².